The molecule has 3 aromatic rings. The largest absolute Gasteiger partial charge is 0.484 e. The maximum absolute atomic E-state index is 12.6. The van der Waals surface area contributed by atoms with Crippen LogP contribution in [0.3, 0.4) is 0 Å². The lowest BCUT2D eigenvalue weighted by molar-refractivity contribution is -0.120. The van der Waals surface area contributed by atoms with Crippen molar-refractivity contribution in [2.24, 2.45) is 5.73 Å². The van der Waals surface area contributed by atoms with Crippen LogP contribution in [0.5, 0.6) is 17.2 Å². The number of rotatable bonds is 6. The van der Waals surface area contributed by atoms with Gasteiger partial charge in [0.25, 0.3) is 5.91 Å². The Hall–Kier alpha value is -4.06. The van der Waals surface area contributed by atoms with Crippen LogP contribution in [0.4, 0.5) is 0 Å². The quantitative estimate of drug-likeness (QED) is 0.619. The van der Waals surface area contributed by atoms with E-state index in [1.165, 1.54) is 6.08 Å². The molecule has 0 spiro atoms. The number of nitrogens with two attached hydrogens (primary N) is 1. The summed E-state index contributed by atoms with van der Waals surface area (Å²) >= 11 is 0. The highest BCUT2D eigenvalue weighted by Crippen LogP contribution is 2.42. The van der Waals surface area contributed by atoms with Gasteiger partial charge in [0, 0.05) is 17.2 Å². The molecule has 0 aliphatic carbocycles. The number of carbonyl (C=O) groups is 2. The number of benzene rings is 3. The van der Waals surface area contributed by atoms with Crippen LogP contribution in [-0.4, -0.2) is 18.4 Å². The van der Waals surface area contributed by atoms with E-state index in [2.05, 4.69) is 5.32 Å². The highest BCUT2D eigenvalue weighted by atomic mass is 16.5. The molecule has 6 nitrogen and oxygen atoms in total. The molecule has 1 aliphatic heterocycles. The van der Waals surface area contributed by atoms with Crippen molar-refractivity contribution >= 4 is 17.9 Å². The fourth-order valence-corrected chi connectivity index (χ4v) is 3.26. The van der Waals surface area contributed by atoms with E-state index in [9.17, 15) is 9.59 Å². The standard InChI is InChI=1S/C24H20N2O4/c25-22(27)15-29-17-12-9-16(10-13-17)11-14-23(28)26-24-18-5-1-3-7-20(18)30-21-8-4-2-6-19(21)24/h1-14,24H,15H2,(H2,25,27)(H,26,28)/b14-11+. The summed E-state index contributed by atoms with van der Waals surface area (Å²) in [5.74, 6) is 1.24. The van der Waals surface area contributed by atoms with Crippen molar-refractivity contribution in [3.8, 4) is 17.2 Å². The second kappa shape index (κ2) is 8.53. The Balaban J connectivity index is 1.47. The third kappa shape index (κ3) is 4.33. The maximum Gasteiger partial charge on any atom is 0.255 e. The Kier molecular flexibility index (Phi) is 5.48. The molecular formula is C24H20N2O4. The van der Waals surface area contributed by atoms with Gasteiger partial charge in [-0.05, 0) is 35.9 Å². The summed E-state index contributed by atoms with van der Waals surface area (Å²) in [6, 6.07) is 22.0. The van der Waals surface area contributed by atoms with Crippen molar-refractivity contribution in [1.29, 1.82) is 0 Å². The Bertz CT molecular complexity index is 1060. The molecule has 0 atom stereocenters. The lowest BCUT2D eigenvalue weighted by Crippen LogP contribution is -2.29. The van der Waals surface area contributed by atoms with Crippen LogP contribution in [0.25, 0.3) is 6.08 Å². The van der Waals surface area contributed by atoms with E-state index in [0.29, 0.717) is 5.75 Å². The fourth-order valence-electron chi connectivity index (χ4n) is 3.26. The molecule has 0 saturated carbocycles. The molecule has 1 aliphatic rings. The predicted molar refractivity (Wildman–Crippen MR) is 113 cm³/mol. The van der Waals surface area contributed by atoms with E-state index in [0.717, 1.165) is 28.2 Å². The van der Waals surface area contributed by atoms with E-state index in [1.54, 1.807) is 30.3 Å². The highest BCUT2D eigenvalue weighted by molar-refractivity contribution is 5.92. The van der Waals surface area contributed by atoms with Crippen LogP contribution < -0.4 is 20.5 Å². The summed E-state index contributed by atoms with van der Waals surface area (Å²) in [7, 11) is 0. The topological polar surface area (TPSA) is 90.7 Å². The third-order valence-electron chi connectivity index (χ3n) is 4.65. The zero-order valence-corrected chi connectivity index (χ0v) is 16.1. The van der Waals surface area contributed by atoms with E-state index >= 15 is 0 Å². The monoisotopic (exact) mass is 400 g/mol. The fraction of sp³-hybridized carbons (Fsp3) is 0.0833. The number of primary amides is 1. The minimum Gasteiger partial charge on any atom is -0.484 e. The molecule has 30 heavy (non-hydrogen) atoms. The summed E-state index contributed by atoms with van der Waals surface area (Å²) in [6.07, 6.45) is 3.20. The summed E-state index contributed by atoms with van der Waals surface area (Å²) in [5, 5.41) is 3.06. The number of fused-ring (bicyclic) bond motifs is 2. The van der Waals surface area contributed by atoms with Gasteiger partial charge in [-0.2, -0.15) is 0 Å². The van der Waals surface area contributed by atoms with Crippen LogP contribution in [-0.2, 0) is 9.59 Å². The van der Waals surface area contributed by atoms with Gasteiger partial charge in [0.05, 0.1) is 6.04 Å². The van der Waals surface area contributed by atoms with Gasteiger partial charge in [-0.25, -0.2) is 0 Å². The number of hydrogen-bond donors (Lipinski definition) is 2. The average molecular weight is 400 g/mol. The number of nitrogens with one attached hydrogen (secondary N) is 1. The molecule has 0 radical (unpaired) electrons. The molecule has 0 bridgehead atoms. The summed E-state index contributed by atoms with van der Waals surface area (Å²) in [6.45, 7) is -0.175. The van der Waals surface area contributed by atoms with Gasteiger partial charge in [0.15, 0.2) is 6.61 Å². The van der Waals surface area contributed by atoms with Gasteiger partial charge >= 0.3 is 0 Å². The molecular weight excluding hydrogens is 380 g/mol. The van der Waals surface area contributed by atoms with Gasteiger partial charge in [-0.1, -0.05) is 48.5 Å². The number of ether oxygens (including phenoxy) is 2. The molecule has 2 amide bonds. The Labute approximate surface area is 173 Å². The highest BCUT2D eigenvalue weighted by Gasteiger charge is 2.27. The Morgan fingerprint density at radius 1 is 0.933 bits per heavy atom. The minimum absolute atomic E-state index is 0.175. The minimum atomic E-state index is -0.535. The lowest BCUT2D eigenvalue weighted by atomic mass is 9.94. The molecule has 0 saturated heterocycles. The number of para-hydroxylation sites is 2. The molecule has 3 N–H and O–H groups in total. The number of carbonyl (C=O) groups excluding carboxylic acids is 2. The van der Waals surface area contributed by atoms with Crippen LogP contribution in [0.1, 0.15) is 22.7 Å². The first-order chi connectivity index (χ1) is 14.6. The number of hydrogen-bond acceptors (Lipinski definition) is 4. The van der Waals surface area contributed by atoms with Crippen molar-refractivity contribution in [3.05, 3.63) is 95.6 Å². The van der Waals surface area contributed by atoms with Gasteiger partial charge in [-0.15, -0.1) is 0 Å². The Morgan fingerprint density at radius 2 is 1.53 bits per heavy atom. The zero-order valence-electron chi connectivity index (χ0n) is 16.1. The first kappa shape index (κ1) is 19.3. The number of amides is 2. The zero-order chi connectivity index (χ0) is 20.9. The average Bonchev–Trinajstić information content (AvgIpc) is 2.77. The van der Waals surface area contributed by atoms with Crippen LogP contribution >= 0.6 is 0 Å². The predicted octanol–water partition coefficient (Wildman–Crippen LogP) is 3.58. The lowest BCUT2D eigenvalue weighted by Gasteiger charge is -2.28. The smallest absolute Gasteiger partial charge is 0.255 e. The molecule has 6 heteroatoms. The summed E-state index contributed by atoms with van der Waals surface area (Å²) in [5.41, 5.74) is 7.71. The van der Waals surface area contributed by atoms with Crippen molar-refractivity contribution in [3.63, 3.8) is 0 Å². The van der Waals surface area contributed by atoms with Gasteiger partial charge in [-0.3, -0.25) is 9.59 Å². The van der Waals surface area contributed by atoms with Crippen LogP contribution in [0.15, 0.2) is 78.9 Å². The SMILES string of the molecule is NC(=O)COc1ccc(/C=C/C(=O)NC2c3ccccc3Oc3ccccc32)cc1. The molecule has 1 heterocycles. The molecule has 3 aromatic carbocycles. The third-order valence-corrected chi connectivity index (χ3v) is 4.65. The summed E-state index contributed by atoms with van der Waals surface area (Å²) in [4.78, 5) is 23.4. The summed E-state index contributed by atoms with van der Waals surface area (Å²) < 4.78 is 11.2. The molecule has 0 unspecified atom stereocenters. The van der Waals surface area contributed by atoms with Crippen molar-refractivity contribution in [1.82, 2.24) is 5.32 Å². The van der Waals surface area contributed by atoms with Crippen LogP contribution in [0, 0.1) is 0 Å². The normalized spacial score (nSPS) is 12.5. The van der Waals surface area contributed by atoms with Crippen LogP contribution in [0.2, 0.25) is 0 Å². The second-order valence-electron chi connectivity index (χ2n) is 6.78. The molecule has 0 fully saturated rings. The Morgan fingerprint density at radius 3 is 2.13 bits per heavy atom. The van der Waals surface area contributed by atoms with Gasteiger partial charge in [0.1, 0.15) is 17.2 Å². The van der Waals surface area contributed by atoms with E-state index in [-0.39, 0.29) is 18.6 Å². The van der Waals surface area contributed by atoms with E-state index in [1.807, 2.05) is 48.5 Å². The molecule has 0 aromatic heterocycles. The van der Waals surface area contributed by atoms with Gasteiger partial charge in [0.2, 0.25) is 5.91 Å². The first-order valence-corrected chi connectivity index (χ1v) is 9.45. The molecule has 150 valence electrons. The van der Waals surface area contributed by atoms with Crippen molar-refractivity contribution in [2.45, 2.75) is 6.04 Å². The van der Waals surface area contributed by atoms with Crippen molar-refractivity contribution in [2.75, 3.05) is 6.61 Å². The maximum atomic E-state index is 12.6. The first-order valence-electron chi connectivity index (χ1n) is 9.45. The second-order valence-corrected chi connectivity index (χ2v) is 6.78. The van der Waals surface area contributed by atoms with E-state index in [4.69, 9.17) is 15.2 Å². The molecule has 4 rings (SSSR count). The van der Waals surface area contributed by atoms with E-state index < -0.39 is 5.91 Å². The van der Waals surface area contributed by atoms with Crippen molar-refractivity contribution < 1.29 is 19.1 Å². The van der Waals surface area contributed by atoms with Gasteiger partial charge < -0.3 is 20.5 Å².